The number of benzene rings is 2. The largest absolute Gasteiger partial charge is 0.489 e. The Bertz CT molecular complexity index is 1180. The topological polar surface area (TPSA) is 90.0 Å². The number of esters is 1. The Balaban J connectivity index is 1.01. The van der Waals surface area contributed by atoms with E-state index in [9.17, 15) is 19.2 Å². The first-order valence-electron chi connectivity index (χ1n) is 12.0. The van der Waals surface area contributed by atoms with Gasteiger partial charge in [0.1, 0.15) is 18.9 Å². The first-order chi connectivity index (χ1) is 17.0. The van der Waals surface area contributed by atoms with Crippen molar-refractivity contribution in [3.05, 3.63) is 77.9 Å². The van der Waals surface area contributed by atoms with Crippen molar-refractivity contribution in [2.75, 3.05) is 13.2 Å². The molecule has 0 radical (unpaired) electrons. The summed E-state index contributed by atoms with van der Waals surface area (Å²) in [4.78, 5) is 51.8. The van der Waals surface area contributed by atoms with Crippen LogP contribution in [0.2, 0.25) is 0 Å². The maximum atomic E-state index is 13.0. The van der Waals surface area contributed by atoms with Crippen LogP contribution in [0.1, 0.15) is 22.3 Å². The van der Waals surface area contributed by atoms with Gasteiger partial charge in [-0.25, -0.2) is 0 Å². The Morgan fingerprint density at radius 3 is 2.11 bits per heavy atom. The summed E-state index contributed by atoms with van der Waals surface area (Å²) in [6, 6.07) is 16.3. The summed E-state index contributed by atoms with van der Waals surface area (Å²) in [6.07, 6.45) is 5.26. The number of allylic oxidation sites excluding steroid dienone is 2. The number of ether oxygens (including phenoxy) is 2. The molecule has 2 aromatic rings. The molecular formula is C28H25NO6. The van der Waals surface area contributed by atoms with Crippen LogP contribution in [0.25, 0.3) is 0 Å². The van der Waals surface area contributed by atoms with Crippen LogP contribution in [-0.2, 0) is 25.7 Å². The van der Waals surface area contributed by atoms with E-state index in [4.69, 9.17) is 9.47 Å². The third kappa shape index (κ3) is 3.85. The van der Waals surface area contributed by atoms with Crippen molar-refractivity contribution in [3.63, 3.8) is 0 Å². The molecule has 2 bridgehead atoms. The second-order valence-electron chi connectivity index (χ2n) is 9.80. The SMILES string of the molecule is O=C(CN1C(=O)[C@@H]2[C@H]3C=C[C@@H]([C@@H]4C[C@@H]34)[C@H]2C1=O)OCC(=O)c1ccc(OCc2ccccc2)cc1. The number of carbonyl (C=O) groups is 4. The molecule has 0 unspecified atom stereocenters. The van der Waals surface area contributed by atoms with Crippen LogP contribution in [-0.4, -0.2) is 41.6 Å². The van der Waals surface area contributed by atoms with E-state index in [0.29, 0.717) is 29.8 Å². The molecule has 2 saturated carbocycles. The van der Waals surface area contributed by atoms with E-state index in [1.807, 2.05) is 30.3 Å². The molecule has 7 nitrogen and oxygen atoms in total. The van der Waals surface area contributed by atoms with Gasteiger partial charge in [-0.3, -0.25) is 24.1 Å². The molecule has 178 valence electrons. The number of hydrogen-bond donors (Lipinski definition) is 0. The quantitative estimate of drug-likeness (QED) is 0.254. The number of carbonyl (C=O) groups excluding carboxylic acids is 4. The number of rotatable bonds is 8. The van der Waals surface area contributed by atoms with E-state index >= 15 is 0 Å². The average Bonchev–Trinajstić information content (AvgIpc) is 3.68. The lowest BCUT2D eigenvalue weighted by Gasteiger charge is -2.37. The lowest BCUT2D eigenvalue weighted by Crippen LogP contribution is -2.40. The van der Waals surface area contributed by atoms with E-state index in [1.165, 1.54) is 0 Å². The molecule has 0 N–H and O–H groups in total. The third-order valence-electron chi connectivity index (χ3n) is 7.83. The fraction of sp³-hybridized carbons (Fsp3) is 0.357. The highest BCUT2D eigenvalue weighted by molar-refractivity contribution is 6.08. The number of amides is 2. The molecule has 4 aliphatic carbocycles. The molecule has 5 aliphatic rings. The van der Waals surface area contributed by atoms with Crippen LogP contribution in [0, 0.1) is 35.5 Å². The van der Waals surface area contributed by atoms with Crippen LogP contribution in [0.5, 0.6) is 5.75 Å². The first-order valence-corrected chi connectivity index (χ1v) is 12.0. The van der Waals surface area contributed by atoms with E-state index in [2.05, 4.69) is 12.2 Å². The Hall–Kier alpha value is -3.74. The van der Waals surface area contributed by atoms with E-state index in [0.717, 1.165) is 16.9 Å². The molecule has 0 aromatic heterocycles. The van der Waals surface area contributed by atoms with Crippen molar-refractivity contribution in [2.45, 2.75) is 13.0 Å². The standard InChI is InChI=1S/C28H25NO6/c30-23(17-6-8-18(9-7-17)34-14-16-4-2-1-3-5-16)15-35-24(31)13-29-27(32)25-19-10-11-20(22-12-21(19)22)26(25)28(29)33/h1-11,19-22,25-26H,12-15H2/t19-,20-,21-,22-,25+,26+/m0/s1. The minimum Gasteiger partial charge on any atom is -0.489 e. The van der Waals surface area contributed by atoms with Crippen molar-refractivity contribution in [2.24, 2.45) is 35.5 Å². The van der Waals surface area contributed by atoms with Gasteiger partial charge in [-0.1, -0.05) is 42.5 Å². The number of likely N-dealkylation sites (tertiary alicyclic amines) is 1. The van der Waals surface area contributed by atoms with Gasteiger partial charge in [0, 0.05) is 5.56 Å². The summed E-state index contributed by atoms with van der Waals surface area (Å²) in [7, 11) is 0. The number of Topliss-reactive ketones (excluding diaryl/α,β-unsaturated/α-hetero) is 1. The summed E-state index contributed by atoms with van der Waals surface area (Å²) >= 11 is 0. The Kier molecular flexibility index (Phi) is 5.28. The fourth-order valence-electron chi connectivity index (χ4n) is 6.06. The molecule has 0 spiro atoms. The molecule has 2 aromatic carbocycles. The van der Waals surface area contributed by atoms with Gasteiger partial charge >= 0.3 is 5.97 Å². The smallest absolute Gasteiger partial charge is 0.326 e. The lowest BCUT2D eigenvalue weighted by atomic mass is 9.63. The summed E-state index contributed by atoms with van der Waals surface area (Å²) < 4.78 is 10.8. The highest BCUT2D eigenvalue weighted by Gasteiger charge is 2.67. The van der Waals surface area contributed by atoms with Crippen LogP contribution in [0.4, 0.5) is 0 Å². The van der Waals surface area contributed by atoms with Gasteiger partial charge in [0.25, 0.3) is 0 Å². The van der Waals surface area contributed by atoms with Crippen molar-refractivity contribution >= 4 is 23.6 Å². The second-order valence-corrected chi connectivity index (χ2v) is 9.80. The minimum atomic E-state index is -0.757. The second kappa shape index (κ2) is 8.48. The average molecular weight is 472 g/mol. The van der Waals surface area contributed by atoms with Crippen molar-refractivity contribution in [3.8, 4) is 5.75 Å². The molecule has 6 atom stereocenters. The Morgan fingerprint density at radius 1 is 0.857 bits per heavy atom. The highest BCUT2D eigenvalue weighted by atomic mass is 16.5. The highest BCUT2D eigenvalue weighted by Crippen LogP contribution is 2.65. The van der Waals surface area contributed by atoms with Crippen LogP contribution >= 0.6 is 0 Å². The fourth-order valence-corrected chi connectivity index (χ4v) is 6.06. The van der Waals surface area contributed by atoms with Crippen LogP contribution in [0.15, 0.2) is 66.7 Å². The van der Waals surface area contributed by atoms with Gasteiger partial charge in [0.05, 0.1) is 11.8 Å². The predicted molar refractivity (Wildman–Crippen MR) is 124 cm³/mol. The molecule has 1 aliphatic heterocycles. The Morgan fingerprint density at radius 2 is 1.49 bits per heavy atom. The lowest BCUT2D eigenvalue weighted by molar-refractivity contribution is -0.152. The zero-order valence-electron chi connectivity index (χ0n) is 19.0. The molecule has 2 amide bonds. The molecule has 1 saturated heterocycles. The van der Waals surface area contributed by atoms with Gasteiger partial charge in [-0.2, -0.15) is 0 Å². The summed E-state index contributed by atoms with van der Waals surface area (Å²) in [6.45, 7) is -0.484. The van der Waals surface area contributed by atoms with E-state index < -0.39 is 19.1 Å². The summed E-state index contributed by atoms with van der Waals surface area (Å²) in [5.74, 6) is -0.548. The third-order valence-corrected chi connectivity index (χ3v) is 7.83. The zero-order chi connectivity index (χ0) is 24.1. The van der Waals surface area contributed by atoms with Gasteiger partial charge in [-0.15, -0.1) is 0 Å². The number of imide groups is 1. The number of nitrogens with zero attached hydrogens (tertiary/aromatic N) is 1. The summed E-state index contributed by atoms with van der Waals surface area (Å²) in [5.41, 5.74) is 1.42. The van der Waals surface area contributed by atoms with Gasteiger partial charge < -0.3 is 9.47 Å². The number of ketones is 1. The van der Waals surface area contributed by atoms with Crippen LogP contribution in [0.3, 0.4) is 0 Å². The van der Waals surface area contributed by atoms with E-state index in [-0.39, 0.29) is 41.3 Å². The normalized spacial score (nSPS) is 29.5. The van der Waals surface area contributed by atoms with E-state index in [1.54, 1.807) is 24.3 Å². The van der Waals surface area contributed by atoms with Crippen molar-refractivity contribution < 1.29 is 28.7 Å². The molecule has 3 fully saturated rings. The monoisotopic (exact) mass is 471 g/mol. The van der Waals surface area contributed by atoms with Gasteiger partial charge in [0.15, 0.2) is 12.4 Å². The Labute approximate surface area is 202 Å². The van der Waals surface area contributed by atoms with Gasteiger partial charge in [0.2, 0.25) is 11.8 Å². The minimum absolute atomic E-state index is 0.105. The first kappa shape index (κ1) is 21.8. The molecule has 7 heteroatoms. The molecule has 35 heavy (non-hydrogen) atoms. The van der Waals surface area contributed by atoms with Crippen molar-refractivity contribution in [1.29, 1.82) is 0 Å². The maximum Gasteiger partial charge on any atom is 0.326 e. The van der Waals surface area contributed by atoms with Crippen molar-refractivity contribution in [1.82, 2.24) is 4.90 Å². The summed E-state index contributed by atoms with van der Waals surface area (Å²) in [5, 5.41) is 0. The van der Waals surface area contributed by atoms with Gasteiger partial charge in [-0.05, 0) is 59.9 Å². The zero-order valence-corrected chi connectivity index (χ0v) is 19.0. The molecule has 1 heterocycles. The predicted octanol–water partition coefficient (Wildman–Crippen LogP) is 3.04. The number of hydrogen-bond acceptors (Lipinski definition) is 6. The maximum absolute atomic E-state index is 13.0. The molecule has 7 rings (SSSR count). The molecular weight excluding hydrogens is 446 g/mol. The van der Waals surface area contributed by atoms with Crippen LogP contribution < -0.4 is 4.74 Å².